The lowest BCUT2D eigenvalue weighted by Crippen LogP contribution is -2.24. The lowest BCUT2D eigenvalue weighted by molar-refractivity contribution is -0.123. The third-order valence-corrected chi connectivity index (χ3v) is 5.23. The van der Waals surface area contributed by atoms with Gasteiger partial charge in [-0.3, -0.25) is 4.79 Å². The molecule has 4 rings (SSSR count). The number of esters is 1. The van der Waals surface area contributed by atoms with Gasteiger partial charge in [0.1, 0.15) is 17.2 Å². The van der Waals surface area contributed by atoms with Gasteiger partial charge in [-0.25, -0.2) is 10.2 Å². The summed E-state index contributed by atoms with van der Waals surface area (Å²) in [5.74, 6) is 0.829. The number of hydrogen-bond donors (Lipinski definition) is 1. The molecule has 0 atom stereocenters. The predicted octanol–water partition coefficient (Wildman–Crippen LogP) is 5.50. The van der Waals surface area contributed by atoms with Crippen LogP contribution in [0.2, 0.25) is 0 Å². The standard InChI is InChI=1S/C30H26N2O5/c1-2-35-26-18-12-25(13-19-26)30(34)37-28-14-8-22(9-15-28)20-31-32-29(33)21-36-27-16-10-24(11-17-27)23-6-4-3-5-7-23/h3-20H,2,21H2,1H3,(H,32,33)/b31-20+. The Morgan fingerprint density at radius 1 is 0.730 bits per heavy atom. The third-order valence-electron chi connectivity index (χ3n) is 5.23. The minimum Gasteiger partial charge on any atom is -0.494 e. The van der Waals surface area contributed by atoms with Crippen LogP contribution in [0.15, 0.2) is 108 Å². The SMILES string of the molecule is CCOc1ccc(C(=O)Oc2ccc(/C=N/NC(=O)COc3ccc(-c4ccccc4)cc3)cc2)cc1. The highest BCUT2D eigenvalue weighted by Crippen LogP contribution is 2.22. The van der Waals surface area contributed by atoms with Crippen molar-refractivity contribution in [3.63, 3.8) is 0 Å². The molecule has 7 heteroatoms. The van der Waals surface area contributed by atoms with E-state index < -0.39 is 5.97 Å². The molecule has 7 nitrogen and oxygen atoms in total. The van der Waals surface area contributed by atoms with E-state index in [1.54, 1.807) is 48.5 Å². The number of rotatable bonds is 10. The van der Waals surface area contributed by atoms with Crippen molar-refractivity contribution in [3.05, 3.63) is 114 Å². The molecule has 0 saturated heterocycles. The number of nitrogens with one attached hydrogen (secondary N) is 1. The zero-order valence-corrected chi connectivity index (χ0v) is 20.3. The lowest BCUT2D eigenvalue weighted by Gasteiger charge is -2.07. The summed E-state index contributed by atoms with van der Waals surface area (Å²) in [6, 6.07) is 31.0. The molecular weight excluding hydrogens is 468 g/mol. The smallest absolute Gasteiger partial charge is 0.343 e. The van der Waals surface area contributed by atoms with Crippen molar-refractivity contribution >= 4 is 18.1 Å². The summed E-state index contributed by atoms with van der Waals surface area (Å²) in [7, 11) is 0. The molecule has 0 fully saturated rings. The van der Waals surface area contributed by atoms with Gasteiger partial charge in [-0.1, -0.05) is 42.5 Å². The van der Waals surface area contributed by atoms with Gasteiger partial charge in [0.25, 0.3) is 5.91 Å². The molecule has 186 valence electrons. The minimum absolute atomic E-state index is 0.164. The van der Waals surface area contributed by atoms with E-state index in [2.05, 4.69) is 10.5 Å². The van der Waals surface area contributed by atoms with E-state index in [0.29, 0.717) is 29.4 Å². The first-order valence-corrected chi connectivity index (χ1v) is 11.8. The Morgan fingerprint density at radius 3 is 2.00 bits per heavy atom. The number of carbonyl (C=O) groups excluding carboxylic acids is 2. The molecule has 0 saturated carbocycles. The molecule has 4 aromatic rings. The van der Waals surface area contributed by atoms with E-state index in [1.807, 2.05) is 61.5 Å². The Morgan fingerprint density at radius 2 is 1.32 bits per heavy atom. The van der Waals surface area contributed by atoms with Crippen LogP contribution in [0.25, 0.3) is 11.1 Å². The molecular formula is C30H26N2O5. The van der Waals surface area contributed by atoms with Crippen LogP contribution in [0.5, 0.6) is 17.2 Å². The van der Waals surface area contributed by atoms with Gasteiger partial charge in [0.05, 0.1) is 18.4 Å². The molecule has 37 heavy (non-hydrogen) atoms. The number of carbonyl (C=O) groups is 2. The molecule has 0 aliphatic heterocycles. The topological polar surface area (TPSA) is 86.2 Å². The molecule has 0 spiro atoms. The molecule has 1 amide bonds. The number of benzene rings is 4. The fourth-order valence-corrected chi connectivity index (χ4v) is 3.38. The maximum atomic E-state index is 12.3. The first-order chi connectivity index (χ1) is 18.1. The Bertz CT molecular complexity index is 1330. The van der Waals surface area contributed by atoms with Crippen molar-refractivity contribution in [1.82, 2.24) is 5.43 Å². The van der Waals surface area contributed by atoms with E-state index in [1.165, 1.54) is 6.21 Å². The average Bonchev–Trinajstić information content (AvgIpc) is 2.94. The number of hydrogen-bond acceptors (Lipinski definition) is 6. The second-order valence-corrected chi connectivity index (χ2v) is 7.89. The van der Waals surface area contributed by atoms with Crippen molar-refractivity contribution in [2.24, 2.45) is 5.10 Å². The number of hydrazone groups is 1. The van der Waals surface area contributed by atoms with Crippen molar-refractivity contribution in [1.29, 1.82) is 0 Å². The van der Waals surface area contributed by atoms with E-state index in [9.17, 15) is 9.59 Å². The number of nitrogens with zero attached hydrogens (tertiary/aromatic N) is 1. The van der Waals surface area contributed by atoms with Gasteiger partial charge in [-0.15, -0.1) is 0 Å². The molecule has 0 aromatic heterocycles. The monoisotopic (exact) mass is 494 g/mol. The highest BCUT2D eigenvalue weighted by molar-refractivity contribution is 5.91. The summed E-state index contributed by atoms with van der Waals surface area (Å²) in [5, 5.41) is 3.94. The number of amides is 1. The summed E-state index contributed by atoms with van der Waals surface area (Å²) in [6.07, 6.45) is 1.49. The highest BCUT2D eigenvalue weighted by atomic mass is 16.5. The summed E-state index contributed by atoms with van der Waals surface area (Å²) in [5.41, 5.74) is 5.75. The number of ether oxygens (including phenoxy) is 3. The van der Waals surface area contributed by atoms with Crippen molar-refractivity contribution < 1.29 is 23.8 Å². The van der Waals surface area contributed by atoms with Crippen LogP contribution in [-0.2, 0) is 4.79 Å². The molecule has 0 bridgehead atoms. The summed E-state index contributed by atoms with van der Waals surface area (Å²) >= 11 is 0. The molecule has 0 aliphatic carbocycles. The van der Waals surface area contributed by atoms with Crippen LogP contribution in [-0.4, -0.2) is 31.3 Å². The maximum Gasteiger partial charge on any atom is 0.343 e. The van der Waals surface area contributed by atoms with Crippen LogP contribution in [0.1, 0.15) is 22.8 Å². The van der Waals surface area contributed by atoms with Gasteiger partial charge in [0.2, 0.25) is 0 Å². The predicted molar refractivity (Wildman–Crippen MR) is 142 cm³/mol. The second kappa shape index (κ2) is 12.7. The van der Waals surface area contributed by atoms with Gasteiger partial charge >= 0.3 is 5.97 Å². The van der Waals surface area contributed by atoms with Crippen molar-refractivity contribution in [3.8, 4) is 28.4 Å². The van der Waals surface area contributed by atoms with Crippen molar-refractivity contribution in [2.45, 2.75) is 6.92 Å². The van der Waals surface area contributed by atoms with Crippen LogP contribution >= 0.6 is 0 Å². The zero-order valence-electron chi connectivity index (χ0n) is 20.3. The normalized spacial score (nSPS) is 10.6. The Balaban J connectivity index is 1.21. The van der Waals surface area contributed by atoms with Gasteiger partial charge in [0, 0.05) is 0 Å². The van der Waals surface area contributed by atoms with Crippen LogP contribution < -0.4 is 19.6 Å². The fourth-order valence-electron chi connectivity index (χ4n) is 3.38. The van der Waals surface area contributed by atoms with Gasteiger partial charge in [-0.2, -0.15) is 5.10 Å². The third kappa shape index (κ3) is 7.53. The largest absolute Gasteiger partial charge is 0.494 e. The molecule has 4 aromatic carbocycles. The maximum absolute atomic E-state index is 12.3. The van der Waals surface area contributed by atoms with Crippen LogP contribution in [0, 0.1) is 0 Å². The Hall–Kier alpha value is -4.91. The molecule has 0 radical (unpaired) electrons. The first kappa shape index (κ1) is 25.2. The van der Waals surface area contributed by atoms with E-state index >= 15 is 0 Å². The van der Waals surface area contributed by atoms with Crippen LogP contribution in [0.3, 0.4) is 0 Å². The summed E-state index contributed by atoms with van der Waals surface area (Å²) in [6.45, 7) is 2.29. The van der Waals surface area contributed by atoms with Gasteiger partial charge < -0.3 is 14.2 Å². The first-order valence-electron chi connectivity index (χ1n) is 11.8. The molecule has 1 N–H and O–H groups in total. The summed E-state index contributed by atoms with van der Waals surface area (Å²) < 4.78 is 16.3. The Labute approximate surface area is 215 Å². The quantitative estimate of drug-likeness (QED) is 0.136. The van der Waals surface area contributed by atoms with Gasteiger partial charge in [0.15, 0.2) is 6.61 Å². The van der Waals surface area contributed by atoms with E-state index in [0.717, 1.165) is 16.7 Å². The van der Waals surface area contributed by atoms with Crippen LogP contribution in [0.4, 0.5) is 0 Å². The minimum atomic E-state index is -0.466. The molecule has 0 aliphatic rings. The Kier molecular flexibility index (Phi) is 8.64. The second-order valence-electron chi connectivity index (χ2n) is 7.89. The summed E-state index contributed by atoms with van der Waals surface area (Å²) in [4.78, 5) is 24.4. The highest BCUT2D eigenvalue weighted by Gasteiger charge is 2.09. The average molecular weight is 495 g/mol. The van der Waals surface area contributed by atoms with Gasteiger partial charge in [-0.05, 0) is 84.3 Å². The fraction of sp³-hybridized carbons (Fsp3) is 0.100. The van der Waals surface area contributed by atoms with Crippen molar-refractivity contribution in [2.75, 3.05) is 13.2 Å². The molecule has 0 unspecified atom stereocenters. The molecule has 0 heterocycles. The zero-order chi connectivity index (χ0) is 25.9. The van der Waals surface area contributed by atoms with E-state index in [4.69, 9.17) is 14.2 Å². The lowest BCUT2D eigenvalue weighted by atomic mass is 10.1. The van der Waals surface area contributed by atoms with E-state index in [-0.39, 0.29) is 12.5 Å².